The average molecular weight is 731 g/mol. The average Bonchev–Trinajstić information content (AvgIpc) is 3.17. The predicted molar refractivity (Wildman–Crippen MR) is 188 cm³/mol. The van der Waals surface area contributed by atoms with Crippen LogP contribution in [0.4, 0.5) is 0 Å². The standard InChI is InChI=1S/C38H39N2O11P/c1-39(2)52(45,40(3)4)51-38-33(50-37(44)29-23-15-8-16-24-29)32(49-36(43)28-21-13-7-14-22-28)31(48-35(42)27-19-11-6-12-20-27)30(47-38)25-46-34(41)26-17-9-5-10-18-26/h5-24,30-33,38H,25H2,1-4H3/t30-,31-,32+,33-,38-/m1/s1. The summed E-state index contributed by atoms with van der Waals surface area (Å²) in [6.07, 6.45) is -8.00. The van der Waals surface area contributed by atoms with Crippen LogP contribution in [0.3, 0.4) is 0 Å². The molecule has 0 saturated carbocycles. The van der Waals surface area contributed by atoms with Gasteiger partial charge in [0.1, 0.15) is 12.7 Å². The summed E-state index contributed by atoms with van der Waals surface area (Å²) in [5.41, 5.74) is 0.647. The van der Waals surface area contributed by atoms with E-state index in [1.54, 1.807) is 84.9 Å². The predicted octanol–water partition coefficient (Wildman–Crippen LogP) is 5.49. The highest BCUT2D eigenvalue weighted by Crippen LogP contribution is 2.53. The van der Waals surface area contributed by atoms with Crippen molar-refractivity contribution >= 4 is 31.5 Å². The van der Waals surface area contributed by atoms with Gasteiger partial charge in [0.05, 0.1) is 22.3 Å². The third-order valence-electron chi connectivity index (χ3n) is 7.99. The van der Waals surface area contributed by atoms with Gasteiger partial charge in [0.25, 0.3) is 0 Å². The van der Waals surface area contributed by atoms with Gasteiger partial charge in [0.2, 0.25) is 6.29 Å². The Labute approximate surface area is 301 Å². The molecule has 0 amide bonds. The van der Waals surface area contributed by atoms with E-state index in [0.717, 1.165) is 0 Å². The van der Waals surface area contributed by atoms with Crippen molar-refractivity contribution in [1.29, 1.82) is 0 Å². The molecule has 0 bridgehead atoms. The van der Waals surface area contributed by atoms with Crippen molar-refractivity contribution in [2.75, 3.05) is 34.8 Å². The molecular formula is C38H39N2O11P. The first-order chi connectivity index (χ1) is 25.0. The van der Waals surface area contributed by atoms with Gasteiger partial charge in [-0.3, -0.25) is 9.09 Å². The lowest BCUT2D eigenvalue weighted by Gasteiger charge is -2.45. The first kappa shape index (κ1) is 38.1. The summed E-state index contributed by atoms with van der Waals surface area (Å²) in [7, 11) is 2.16. The topological polar surface area (TPSA) is 147 Å². The molecule has 4 aromatic carbocycles. The summed E-state index contributed by atoms with van der Waals surface area (Å²) in [6, 6.07) is 32.1. The number of nitrogens with zero attached hydrogens (tertiary/aromatic N) is 2. The molecular weight excluding hydrogens is 691 g/mol. The summed E-state index contributed by atoms with van der Waals surface area (Å²) in [4.78, 5) is 54.1. The molecule has 0 aromatic heterocycles. The number of rotatable bonds is 13. The molecule has 1 fully saturated rings. The fraction of sp³-hybridized carbons (Fsp3) is 0.263. The maximum Gasteiger partial charge on any atom is 0.347 e. The fourth-order valence-corrected chi connectivity index (χ4v) is 6.83. The highest BCUT2D eigenvalue weighted by atomic mass is 31.2. The summed E-state index contributed by atoms with van der Waals surface area (Å²) in [5, 5.41) is 0. The molecule has 4 aromatic rings. The van der Waals surface area contributed by atoms with Crippen LogP contribution in [0.2, 0.25) is 0 Å². The third-order valence-corrected chi connectivity index (χ3v) is 10.5. The molecule has 1 aliphatic heterocycles. The minimum atomic E-state index is -3.92. The van der Waals surface area contributed by atoms with E-state index in [-0.39, 0.29) is 22.3 Å². The van der Waals surface area contributed by atoms with Crippen molar-refractivity contribution in [3.63, 3.8) is 0 Å². The molecule has 13 nitrogen and oxygen atoms in total. The Hall–Kier alpha value is -5.17. The van der Waals surface area contributed by atoms with E-state index in [4.69, 9.17) is 28.2 Å². The lowest BCUT2D eigenvalue weighted by atomic mass is 9.97. The molecule has 52 heavy (non-hydrogen) atoms. The molecule has 14 heteroatoms. The fourth-order valence-electron chi connectivity index (χ4n) is 5.29. The molecule has 0 unspecified atom stereocenters. The van der Waals surface area contributed by atoms with Gasteiger partial charge in [-0.25, -0.2) is 28.5 Å². The van der Waals surface area contributed by atoms with Crippen LogP contribution in [-0.2, 0) is 32.8 Å². The van der Waals surface area contributed by atoms with Crippen LogP contribution >= 0.6 is 7.67 Å². The lowest BCUT2D eigenvalue weighted by Crippen LogP contribution is -2.63. The minimum absolute atomic E-state index is 0.132. The number of hydrogen-bond acceptors (Lipinski definition) is 11. The zero-order valence-electron chi connectivity index (χ0n) is 29.0. The number of ether oxygens (including phenoxy) is 5. The van der Waals surface area contributed by atoms with Gasteiger partial charge in [-0.05, 0) is 76.7 Å². The quantitative estimate of drug-likeness (QED) is 0.0971. The summed E-state index contributed by atoms with van der Waals surface area (Å²) >= 11 is 0. The number of carbonyl (C=O) groups excluding carboxylic acids is 4. The lowest BCUT2D eigenvalue weighted by molar-refractivity contribution is -0.277. The van der Waals surface area contributed by atoms with Gasteiger partial charge in [-0.1, -0.05) is 72.8 Å². The largest absolute Gasteiger partial charge is 0.459 e. The normalized spacial score (nSPS) is 20.2. The van der Waals surface area contributed by atoms with Crippen molar-refractivity contribution < 1.29 is 52.0 Å². The second kappa shape index (κ2) is 17.4. The molecule has 1 saturated heterocycles. The Bertz CT molecular complexity index is 1850. The second-order valence-electron chi connectivity index (χ2n) is 12.0. The Balaban J connectivity index is 1.61. The monoisotopic (exact) mass is 730 g/mol. The van der Waals surface area contributed by atoms with E-state index in [1.807, 2.05) is 0 Å². The summed E-state index contributed by atoms with van der Waals surface area (Å²) < 4.78 is 53.1. The Kier molecular flexibility index (Phi) is 12.7. The third kappa shape index (κ3) is 9.19. The van der Waals surface area contributed by atoms with E-state index in [2.05, 4.69) is 0 Å². The van der Waals surface area contributed by atoms with Crippen molar-refractivity contribution in [2.24, 2.45) is 0 Å². The van der Waals surface area contributed by atoms with Gasteiger partial charge in [0, 0.05) is 0 Å². The van der Waals surface area contributed by atoms with Crippen LogP contribution in [0.1, 0.15) is 41.4 Å². The van der Waals surface area contributed by atoms with Crippen molar-refractivity contribution in [2.45, 2.75) is 30.7 Å². The maximum atomic E-state index is 14.3. The second-order valence-corrected chi connectivity index (χ2v) is 14.8. The van der Waals surface area contributed by atoms with E-state index in [0.29, 0.717) is 0 Å². The van der Waals surface area contributed by atoms with Gasteiger partial charge in [-0.15, -0.1) is 0 Å². The number of carbonyl (C=O) groups is 4. The highest BCUT2D eigenvalue weighted by Gasteiger charge is 2.55. The molecule has 0 N–H and O–H groups in total. The molecule has 5 rings (SSSR count). The number of benzene rings is 4. The molecule has 1 heterocycles. The zero-order chi connectivity index (χ0) is 37.3. The van der Waals surface area contributed by atoms with Crippen molar-refractivity contribution in [1.82, 2.24) is 9.34 Å². The first-order valence-corrected chi connectivity index (χ1v) is 17.8. The highest BCUT2D eigenvalue weighted by molar-refractivity contribution is 7.53. The molecule has 5 atom stereocenters. The Morgan fingerprint density at radius 2 is 0.885 bits per heavy atom. The van der Waals surface area contributed by atoms with Gasteiger partial charge in [0.15, 0.2) is 18.3 Å². The SMILES string of the molecule is CN(C)P(=O)(O[C@H]1O[C@H](COC(=O)c2ccccc2)[C@@H](OC(=O)c2ccccc2)[C@H](OC(=O)c2ccccc2)[C@H]1OC(=O)c1ccccc1)N(C)C. The van der Waals surface area contributed by atoms with E-state index in [1.165, 1.54) is 73.9 Å². The van der Waals surface area contributed by atoms with Crippen LogP contribution in [0.25, 0.3) is 0 Å². The van der Waals surface area contributed by atoms with Crippen LogP contribution in [0.15, 0.2) is 121 Å². The molecule has 0 aliphatic carbocycles. The summed E-state index contributed by atoms with van der Waals surface area (Å²) in [6.45, 7) is -0.548. The molecule has 1 aliphatic rings. The number of hydrogen-bond donors (Lipinski definition) is 0. The maximum absolute atomic E-state index is 14.3. The Morgan fingerprint density at radius 1 is 0.538 bits per heavy atom. The van der Waals surface area contributed by atoms with Crippen LogP contribution in [0.5, 0.6) is 0 Å². The zero-order valence-corrected chi connectivity index (χ0v) is 29.9. The first-order valence-electron chi connectivity index (χ1n) is 16.3. The Morgan fingerprint density at radius 3 is 1.27 bits per heavy atom. The van der Waals surface area contributed by atoms with Gasteiger partial charge in [-0.2, -0.15) is 0 Å². The molecule has 0 radical (unpaired) electrons. The van der Waals surface area contributed by atoms with E-state index < -0.39 is 68.9 Å². The van der Waals surface area contributed by atoms with Crippen molar-refractivity contribution in [3.8, 4) is 0 Å². The van der Waals surface area contributed by atoms with Crippen LogP contribution < -0.4 is 0 Å². The van der Waals surface area contributed by atoms with E-state index in [9.17, 15) is 23.7 Å². The summed E-state index contributed by atoms with van der Waals surface area (Å²) in [5.74, 6) is -3.29. The molecule has 272 valence electrons. The van der Waals surface area contributed by atoms with Crippen LogP contribution in [0, 0.1) is 0 Å². The van der Waals surface area contributed by atoms with Gasteiger partial charge < -0.3 is 23.7 Å². The smallest absolute Gasteiger partial charge is 0.347 e. The van der Waals surface area contributed by atoms with Crippen molar-refractivity contribution in [3.05, 3.63) is 144 Å². The van der Waals surface area contributed by atoms with Crippen LogP contribution in [-0.4, -0.2) is 98.7 Å². The minimum Gasteiger partial charge on any atom is -0.459 e. The molecule has 0 spiro atoms. The van der Waals surface area contributed by atoms with Gasteiger partial charge >= 0.3 is 31.5 Å². The van der Waals surface area contributed by atoms with E-state index >= 15 is 0 Å². The number of esters is 4.